The molecule has 6 heteroatoms. The number of piperidine rings is 1. The van der Waals surface area contributed by atoms with Crippen LogP contribution < -0.4 is 4.74 Å². The molecule has 27 heavy (non-hydrogen) atoms. The van der Waals surface area contributed by atoms with Gasteiger partial charge in [-0.25, -0.2) is 4.98 Å². The predicted octanol–water partition coefficient (Wildman–Crippen LogP) is 2.78. The first-order valence-electron chi connectivity index (χ1n) is 9.57. The van der Waals surface area contributed by atoms with Crippen molar-refractivity contribution in [1.82, 2.24) is 14.9 Å². The molecule has 0 radical (unpaired) electrons. The van der Waals surface area contributed by atoms with Gasteiger partial charge in [-0.2, -0.15) is 4.98 Å². The zero-order chi connectivity index (χ0) is 18.8. The van der Waals surface area contributed by atoms with E-state index in [9.17, 15) is 4.79 Å². The fourth-order valence-corrected chi connectivity index (χ4v) is 3.91. The molecule has 2 atom stereocenters. The number of carbonyl (C=O) groups is 1. The van der Waals surface area contributed by atoms with E-state index in [1.54, 1.807) is 0 Å². The van der Waals surface area contributed by atoms with Crippen molar-refractivity contribution < 1.29 is 14.3 Å². The number of nitrogens with zero attached hydrogens (tertiary/aromatic N) is 3. The van der Waals surface area contributed by atoms with Gasteiger partial charge in [-0.15, -0.1) is 0 Å². The van der Waals surface area contributed by atoms with Crippen LogP contribution in [-0.4, -0.2) is 46.6 Å². The Labute approximate surface area is 159 Å². The Balaban J connectivity index is 1.46. The van der Waals surface area contributed by atoms with Gasteiger partial charge in [0.2, 0.25) is 5.88 Å². The highest BCUT2D eigenvalue weighted by atomic mass is 16.5. The van der Waals surface area contributed by atoms with Gasteiger partial charge in [0, 0.05) is 18.3 Å². The van der Waals surface area contributed by atoms with Gasteiger partial charge >= 0.3 is 0 Å². The molecular formula is C21H25N3O3. The quantitative estimate of drug-likeness (QED) is 0.835. The van der Waals surface area contributed by atoms with Crippen molar-refractivity contribution in [2.45, 2.75) is 45.3 Å². The van der Waals surface area contributed by atoms with Crippen molar-refractivity contribution in [2.24, 2.45) is 0 Å². The molecule has 3 heterocycles. The number of likely N-dealkylation sites (tertiary alicyclic amines) is 1. The molecule has 1 fully saturated rings. The van der Waals surface area contributed by atoms with E-state index in [1.165, 1.54) is 5.56 Å². The number of benzene rings is 1. The topological polar surface area (TPSA) is 64.5 Å². The zero-order valence-electron chi connectivity index (χ0n) is 15.9. The van der Waals surface area contributed by atoms with Crippen LogP contribution in [0.25, 0.3) is 0 Å². The van der Waals surface area contributed by atoms with E-state index in [0.29, 0.717) is 24.9 Å². The lowest BCUT2D eigenvalue weighted by Gasteiger charge is -2.36. The molecule has 1 amide bonds. The lowest BCUT2D eigenvalue weighted by atomic mass is 9.96. The maximum absolute atomic E-state index is 13.1. The maximum Gasteiger partial charge on any atom is 0.256 e. The van der Waals surface area contributed by atoms with Gasteiger partial charge in [0.05, 0.1) is 13.2 Å². The van der Waals surface area contributed by atoms with Crippen LogP contribution in [0.3, 0.4) is 0 Å². The van der Waals surface area contributed by atoms with Crippen molar-refractivity contribution in [2.75, 3.05) is 19.7 Å². The molecule has 0 bridgehead atoms. The maximum atomic E-state index is 13.1. The molecule has 142 valence electrons. The summed E-state index contributed by atoms with van der Waals surface area (Å²) in [5, 5.41) is 0. The molecule has 2 unspecified atom stereocenters. The van der Waals surface area contributed by atoms with Crippen molar-refractivity contribution in [3.8, 4) is 5.88 Å². The molecule has 2 aliphatic heterocycles. The van der Waals surface area contributed by atoms with Crippen LogP contribution >= 0.6 is 0 Å². The number of amides is 1. The van der Waals surface area contributed by atoms with Crippen LogP contribution in [0.15, 0.2) is 30.3 Å². The van der Waals surface area contributed by atoms with E-state index in [0.717, 1.165) is 37.1 Å². The minimum absolute atomic E-state index is 0.0329. The second-order valence-corrected chi connectivity index (χ2v) is 7.26. The first-order valence-corrected chi connectivity index (χ1v) is 9.57. The third-order valence-electron chi connectivity index (χ3n) is 5.14. The van der Waals surface area contributed by atoms with Crippen LogP contribution in [0.4, 0.5) is 0 Å². The molecule has 6 nitrogen and oxygen atoms in total. The van der Waals surface area contributed by atoms with E-state index in [2.05, 4.69) is 16.0 Å². The van der Waals surface area contributed by atoms with Crippen molar-refractivity contribution >= 4 is 5.91 Å². The Morgan fingerprint density at radius 3 is 2.96 bits per heavy atom. The smallest absolute Gasteiger partial charge is 0.256 e. The highest BCUT2D eigenvalue weighted by Gasteiger charge is 2.34. The summed E-state index contributed by atoms with van der Waals surface area (Å²) in [5.74, 6) is 1.31. The fraction of sp³-hybridized carbons (Fsp3) is 0.476. The Hall–Kier alpha value is -2.47. The highest BCUT2D eigenvalue weighted by Crippen LogP contribution is 2.30. The molecule has 4 rings (SSSR count). The third-order valence-corrected chi connectivity index (χ3v) is 5.14. The van der Waals surface area contributed by atoms with Gasteiger partial charge in [-0.1, -0.05) is 24.3 Å². The SMILES string of the molecule is Cc1cc(OC2CCCN(C(=O)C3OCCc4ccccc43)C2)nc(C)n1. The van der Waals surface area contributed by atoms with Gasteiger partial charge in [-0.3, -0.25) is 4.79 Å². The molecular weight excluding hydrogens is 342 g/mol. The molecule has 0 N–H and O–H groups in total. The first kappa shape index (κ1) is 17.9. The van der Waals surface area contributed by atoms with E-state index in [-0.39, 0.29) is 12.0 Å². The predicted molar refractivity (Wildman–Crippen MR) is 101 cm³/mol. The molecule has 0 saturated carbocycles. The van der Waals surface area contributed by atoms with Crippen molar-refractivity contribution in [3.05, 3.63) is 53.0 Å². The van der Waals surface area contributed by atoms with Crippen molar-refractivity contribution in [1.29, 1.82) is 0 Å². The van der Waals surface area contributed by atoms with Crippen LogP contribution in [0.5, 0.6) is 5.88 Å². The molecule has 0 aliphatic carbocycles. The largest absolute Gasteiger partial charge is 0.472 e. The molecule has 1 aromatic heterocycles. The summed E-state index contributed by atoms with van der Waals surface area (Å²) < 4.78 is 11.9. The second-order valence-electron chi connectivity index (χ2n) is 7.26. The van der Waals surface area contributed by atoms with Crippen LogP contribution in [0.1, 0.15) is 41.6 Å². The first-order chi connectivity index (χ1) is 13.1. The number of rotatable bonds is 3. The zero-order valence-corrected chi connectivity index (χ0v) is 15.9. The minimum atomic E-state index is -0.503. The van der Waals surface area contributed by atoms with Crippen LogP contribution in [-0.2, 0) is 16.0 Å². The molecule has 1 aromatic carbocycles. The van der Waals surface area contributed by atoms with E-state index in [4.69, 9.17) is 9.47 Å². The standard InChI is InChI=1S/C21H25N3O3/c1-14-12-19(23-15(2)22-14)27-17-7-5-10-24(13-17)21(25)20-18-8-4-3-6-16(18)9-11-26-20/h3-4,6,8,12,17,20H,5,7,9-11,13H2,1-2H3. The number of hydrogen-bond acceptors (Lipinski definition) is 5. The minimum Gasteiger partial charge on any atom is -0.472 e. The van der Waals surface area contributed by atoms with Crippen LogP contribution in [0.2, 0.25) is 0 Å². The van der Waals surface area contributed by atoms with Gasteiger partial charge < -0.3 is 14.4 Å². The van der Waals surface area contributed by atoms with E-state index in [1.807, 2.05) is 43.0 Å². The summed E-state index contributed by atoms with van der Waals surface area (Å²) in [6.07, 6.45) is 2.12. The lowest BCUT2D eigenvalue weighted by molar-refractivity contribution is -0.147. The molecule has 0 spiro atoms. The molecule has 2 aliphatic rings. The Morgan fingerprint density at radius 2 is 2.11 bits per heavy atom. The fourth-order valence-electron chi connectivity index (χ4n) is 3.91. The summed E-state index contributed by atoms with van der Waals surface area (Å²) >= 11 is 0. The van der Waals surface area contributed by atoms with E-state index >= 15 is 0 Å². The molecule has 1 saturated heterocycles. The summed E-state index contributed by atoms with van der Waals surface area (Å²) in [4.78, 5) is 23.7. The number of aryl methyl sites for hydroxylation is 2. The van der Waals surface area contributed by atoms with Gasteiger partial charge in [-0.05, 0) is 44.2 Å². The van der Waals surface area contributed by atoms with E-state index < -0.39 is 6.10 Å². The summed E-state index contributed by atoms with van der Waals surface area (Å²) in [7, 11) is 0. The number of hydrogen-bond donors (Lipinski definition) is 0. The average molecular weight is 367 g/mol. The van der Waals surface area contributed by atoms with Crippen molar-refractivity contribution in [3.63, 3.8) is 0 Å². The number of aromatic nitrogens is 2. The average Bonchev–Trinajstić information content (AvgIpc) is 2.66. The Bertz CT molecular complexity index is 819. The Kier molecular flexibility index (Phi) is 5.07. The van der Waals surface area contributed by atoms with Crippen LogP contribution in [0, 0.1) is 13.8 Å². The second kappa shape index (κ2) is 7.64. The van der Waals surface area contributed by atoms with Gasteiger partial charge in [0.15, 0.2) is 6.10 Å². The molecule has 2 aromatic rings. The lowest BCUT2D eigenvalue weighted by Crippen LogP contribution is -2.47. The number of carbonyl (C=O) groups excluding carboxylic acids is 1. The Morgan fingerprint density at radius 1 is 1.26 bits per heavy atom. The highest BCUT2D eigenvalue weighted by molar-refractivity contribution is 5.83. The third kappa shape index (κ3) is 3.95. The van der Waals surface area contributed by atoms with Gasteiger partial charge in [0.1, 0.15) is 11.9 Å². The number of ether oxygens (including phenoxy) is 2. The monoisotopic (exact) mass is 367 g/mol. The normalized spacial score (nSPS) is 22.2. The number of fused-ring (bicyclic) bond motifs is 1. The summed E-state index contributed by atoms with van der Waals surface area (Å²) in [6.45, 7) is 5.66. The summed E-state index contributed by atoms with van der Waals surface area (Å²) in [5.41, 5.74) is 3.09. The summed E-state index contributed by atoms with van der Waals surface area (Å²) in [6, 6.07) is 9.91. The van der Waals surface area contributed by atoms with Gasteiger partial charge in [0.25, 0.3) is 5.91 Å².